The highest BCUT2D eigenvalue weighted by Crippen LogP contribution is 2.15. The van der Waals surface area contributed by atoms with E-state index in [1.165, 1.54) is 12.8 Å². The first-order valence-corrected chi connectivity index (χ1v) is 6.86. The summed E-state index contributed by atoms with van der Waals surface area (Å²) < 4.78 is 1.94. The second-order valence-electron chi connectivity index (χ2n) is 4.83. The second kappa shape index (κ2) is 6.47. The molecule has 0 radical (unpaired) electrons. The lowest BCUT2D eigenvalue weighted by Crippen LogP contribution is -2.18. The summed E-state index contributed by atoms with van der Waals surface area (Å²) in [6.45, 7) is 5.74. The minimum absolute atomic E-state index is 0.584. The first-order chi connectivity index (χ1) is 9.26. The fourth-order valence-corrected chi connectivity index (χ4v) is 2.30. The molecule has 2 rings (SSSR count). The predicted molar refractivity (Wildman–Crippen MR) is 76.1 cm³/mol. The summed E-state index contributed by atoms with van der Waals surface area (Å²) in [5.74, 6) is 2.25. The summed E-state index contributed by atoms with van der Waals surface area (Å²) in [4.78, 5) is 4.35. The van der Waals surface area contributed by atoms with E-state index in [-0.39, 0.29) is 0 Å². The summed E-state index contributed by atoms with van der Waals surface area (Å²) in [5.41, 5.74) is 6.43. The number of anilines is 1. The molecule has 19 heavy (non-hydrogen) atoms. The molecule has 6 heteroatoms. The molecule has 0 amide bonds. The van der Waals surface area contributed by atoms with Gasteiger partial charge >= 0.3 is 0 Å². The van der Waals surface area contributed by atoms with Crippen LogP contribution in [0.2, 0.25) is 0 Å². The van der Waals surface area contributed by atoms with Gasteiger partial charge < -0.3 is 11.1 Å². The van der Waals surface area contributed by atoms with Gasteiger partial charge in [0.25, 0.3) is 0 Å². The van der Waals surface area contributed by atoms with Crippen molar-refractivity contribution < 1.29 is 0 Å². The number of aryl methyl sites for hydroxylation is 1. The molecule has 1 atom stereocenters. The SMILES string of the molecule is CCCC(CCN)CNc1nccn2c(C)nnc12. The third kappa shape index (κ3) is 3.20. The van der Waals surface area contributed by atoms with Crippen molar-refractivity contribution in [2.45, 2.75) is 33.1 Å². The zero-order valence-corrected chi connectivity index (χ0v) is 11.6. The van der Waals surface area contributed by atoms with Gasteiger partial charge in [0, 0.05) is 18.9 Å². The topological polar surface area (TPSA) is 81.1 Å². The molecule has 0 bridgehead atoms. The molecule has 6 nitrogen and oxygen atoms in total. The van der Waals surface area contributed by atoms with Crippen LogP contribution >= 0.6 is 0 Å². The van der Waals surface area contributed by atoms with Crippen molar-refractivity contribution in [3.8, 4) is 0 Å². The summed E-state index contributed by atoms with van der Waals surface area (Å²) in [5, 5.41) is 11.6. The van der Waals surface area contributed by atoms with Crippen LogP contribution in [-0.2, 0) is 0 Å². The van der Waals surface area contributed by atoms with Crippen molar-refractivity contribution in [3.63, 3.8) is 0 Å². The fourth-order valence-electron chi connectivity index (χ4n) is 2.30. The third-order valence-corrected chi connectivity index (χ3v) is 3.33. The van der Waals surface area contributed by atoms with E-state index in [1.54, 1.807) is 6.20 Å². The highest BCUT2D eigenvalue weighted by Gasteiger charge is 2.10. The number of aromatic nitrogens is 4. The van der Waals surface area contributed by atoms with Crippen LogP contribution in [0.1, 0.15) is 32.0 Å². The maximum atomic E-state index is 5.65. The van der Waals surface area contributed by atoms with Crippen LogP contribution in [0, 0.1) is 12.8 Å². The van der Waals surface area contributed by atoms with E-state index < -0.39 is 0 Å². The van der Waals surface area contributed by atoms with E-state index in [9.17, 15) is 0 Å². The van der Waals surface area contributed by atoms with Crippen molar-refractivity contribution >= 4 is 11.5 Å². The Morgan fingerprint density at radius 2 is 2.21 bits per heavy atom. The van der Waals surface area contributed by atoms with Crippen LogP contribution < -0.4 is 11.1 Å². The molecule has 0 spiro atoms. The van der Waals surface area contributed by atoms with Crippen LogP contribution in [0.15, 0.2) is 12.4 Å². The van der Waals surface area contributed by atoms with Crippen molar-refractivity contribution in [2.75, 3.05) is 18.4 Å². The van der Waals surface area contributed by atoms with E-state index in [4.69, 9.17) is 5.73 Å². The van der Waals surface area contributed by atoms with Gasteiger partial charge in [-0.05, 0) is 32.2 Å². The highest BCUT2D eigenvalue weighted by molar-refractivity contribution is 5.61. The molecule has 2 heterocycles. The maximum absolute atomic E-state index is 5.65. The summed E-state index contributed by atoms with van der Waals surface area (Å²) in [6, 6.07) is 0. The molecule has 0 aromatic carbocycles. The van der Waals surface area contributed by atoms with E-state index >= 15 is 0 Å². The summed E-state index contributed by atoms with van der Waals surface area (Å²) in [6.07, 6.45) is 7.03. The monoisotopic (exact) mass is 262 g/mol. The Hall–Kier alpha value is -1.69. The molecule has 2 aromatic heterocycles. The Morgan fingerprint density at radius 1 is 1.37 bits per heavy atom. The standard InChI is InChI=1S/C13H22N6/c1-3-4-11(5-6-14)9-16-12-13-18-17-10(2)19(13)8-7-15-12/h7-8,11H,3-6,9,14H2,1-2H3,(H,15,16). The third-order valence-electron chi connectivity index (χ3n) is 3.33. The number of hydrogen-bond donors (Lipinski definition) is 2. The second-order valence-corrected chi connectivity index (χ2v) is 4.83. The minimum atomic E-state index is 0.584. The van der Waals surface area contributed by atoms with Crippen LogP contribution in [-0.4, -0.2) is 32.7 Å². The Kier molecular flexibility index (Phi) is 4.68. The molecule has 0 fully saturated rings. The van der Waals surface area contributed by atoms with Crippen molar-refractivity contribution in [1.29, 1.82) is 0 Å². The molecular weight excluding hydrogens is 240 g/mol. The number of nitrogens with two attached hydrogens (primary N) is 1. The molecule has 0 aliphatic rings. The summed E-state index contributed by atoms with van der Waals surface area (Å²) >= 11 is 0. The number of nitrogens with one attached hydrogen (secondary N) is 1. The van der Waals surface area contributed by atoms with E-state index in [1.807, 2.05) is 17.5 Å². The van der Waals surface area contributed by atoms with Gasteiger partial charge in [0.2, 0.25) is 5.65 Å². The average Bonchev–Trinajstić information content (AvgIpc) is 2.79. The Labute approximate surface area is 113 Å². The maximum Gasteiger partial charge on any atom is 0.203 e. The van der Waals surface area contributed by atoms with Crippen LogP contribution in [0.25, 0.3) is 5.65 Å². The minimum Gasteiger partial charge on any atom is -0.367 e. The average molecular weight is 262 g/mol. The molecule has 2 aromatic rings. The zero-order chi connectivity index (χ0) is 13.7. The van der Waals surface area contributed by atoms with Crippen molar-refractivity contribution in [1.82, 2.24) is 19.6 Å². The normalized spacial score (nSPS) is 12.8. The van der Waals surface area contributed by atoms with Crippen LogP contribution in [0.4, 0.5) is 5.82 Å². The van der Waals surface area contributed by atoms with E-state index in [0.29, 0.717) is 5.92 Å². The van der Waals surface area contributed by atoms with Gasteiger partial charge in [0.15, 0.2) is 5.82 Å². The van der Waals surface area contributed by atoms with Gasteiger partial charge in [0.1, 0.15) is 5.82 Å². The van der Waals surface area contributed by atoms with Gasteiger partial charge in [-0.25, -0.2) is 4.98 Å². The number of nitrogens with zero attached hydrogens (tertiary/aromatic N) is 4. The molecular formula is C13H22N6. The van der Waals surface area contributed by atoms with Gasteiger partial charge in [-0.2, -0.15) is 0 Å². The lowest BCUT2D eigenvalue weighted by molar-refractivity contribution is 0.473. The number of fused-ring (bicyclic) bond motifs is 1. The van der Waals surface area contributed by atoms with E-state index in [0.717, 1.165) is 36.8 Å². The van der Waals surface area contributed by atoms with Gasteiger partial charge in [-0.1, -0.05) is 13.3 Å². The van der Waals surface area contributed by atoms with Crippen LogP contribution in [0.5, 0.6) is 0 Å². The highest BCUT2D eigenvalue weighted by atomic mass is 15.3. The lowest BCUT2D eigenvalue weighted by Gasteiger charge is -2.16. The Morgan fingerprint density at radius 3 is 2.95 bits per heavy atom. The number of hydrogen-bond acceptors (Lipinski definition) is 5. The first-order valence-electron chi connectivity index (χ1n) is 6.86. The molecule has 0 saturated heterocycles. The quantitative estimate of drug-likeness (QED) is 0.792. The van der Waals surface area contributed by atoms with Crippen molar-refractivity contribution in [2.24, 2.45) is 11.7 Å². The largest absolute Gasteiger partial charge is 0.367 e. The van der Waals surface area contributed by atoms with Crippen LogP contribution in [0.3, 0.4) is 0 Å². The first kappa shape index (κ1) is 13.7. The fraction of sp³-hybridized carbons (Fsp3) is 0.615. The molecule has 0 aliphatic carbocycles. The zero-order valence-electron chi connectivity index (χ0n) is 11.6. The molecule has 104 valence electrons. The Bertz CT molecular complexity index is 515. The van der Waals surface area contributed by atoms with E-state index in [2.05, 4.69) is 27.4 Å². The molecule has 1 unspecified atom stereocenters. The van der Waals surface area contributed by atoms with Gasteiger partial charge in [-0.15, -0.1) is 10.2 Å². The number of rotatable bonds is 7. The molecule has 0 saturated carbocycles. The lowest BCUT2D eigenvalue weighted by atomic mass is 10.00. The van der Waals surface area contributed by atoms with Crippen molar-refractivity contribution in [3.05, 3.63) is 18.2 Å². The molecule has 3 N–H and O–H groups in total. The smallest absolute Gasteiger partial charge is 0.203 e. The van der Waals surface area contributed by atoms with Gasteiger partial charge in [0.05, 0.1) is 0 Å². The summed E-state index contributed by atoms with van der Waals surface area (Å²) in [7, 11) is 0. The molecule has 0 aliphatic heterocycles. The predicted octanol–water partition coefficient (Wildman–Crippen LogP) is 1.61. The Balaban J connectivity index is 2.08. The van der Waals surface area contributed by atoms with Gasteiger partial charge in [-0.3, -0.25) is 4.40 Å².